The molecule has 0 radical (unpaired) electrons. The van der Waals surface area contributed by atoms with Crippen LogP contribution in [0.25, 0.3) is 16.9 Å². The van der Waals surface area contributed by atoms with Crippen molar-refractivity contribution in [3.63, 3.8) is 0 Å². The van der Waals surface area contributed by atoms with Crippen LogP contribution >= 0.6 is 0 Å². The molecule has 2 aromatic carbocycles. The van der Waals surface area contributed by atoms with Gasteiger partial charge in [-0.1, -0.05) is 29.8 Å². The molecule has 0 aliphatic heterocycles. The van der Waals surface area contributed by atoms with E-state index in [1.54, 1.807) is 24.4 Å². The summed E-state index contributed by atoms with van der Waals surface area (Å²) in [5.74, 6) is -0.323. The topological polar surface area (TPSA) is 102 Å². The van der Waals surface area contributed by atoms with E-state index in [2.05, 4.69) is 15.4 Å². The fraction of sp³-hybridized carbons (Fsp3) is 0.0952. The summed E-state index contributed by atoms with van der Waals surface area (Å²) in [4.78, 5) is 27.7. The molecule has 4 rings (SSSR count). The third-order valence-corrected chi connectivity index (χ3v) is 4.63. The van der Waals surface area contributed by atoms with Crippen LogP contribution < -0.4 is 5.32 Å². The molecule has 0 unspecified atom stereocenters. The molecule has 0 aliphatic carbocycles. The molecule has 4 aromatic rings. The number of carbonyl (C=O) groups is 1. The largest absolute Gasteiger partial charge is 0.322 e. The number of hydrogen-bond acceptors (Lipinski definition) is 5. The van der Waals surface area contributed by atoms with Crippen molar-refractivity contribution in [3.8, 4) is 11.3 Å². The minimum atomic E-state index is -0.451. The van der Waals surface area contributed by atoms with E-state index in [9.17, 15) is 14.9 Å². The number of non-ortho nitro benzene ring substituents is 1. The molecule has 1 amide bonds. The van der Waals surface area contributed by atoms with Crippen LogP contribution in [0.1, 0.15) is 21.5 Å². The zero-order valence-electron chi connectivity index (χ0n) is 15.8. The van der Waals surface area contributed by atoms with E-state index in [-0.39, 0.29) is 11.6 Å². The van der Waals surface area contributed by atoms with E-state index in [1.807, 2.05) is 32.0 Å². The second-order valence-electron chi connectivity index (χ2n) is 6.70. The number of aromatic nitrogens is 3. The number of nitrogens with one attached hydrogen (secondary N) is 1. The van der Waals surface area contributed by atoms with Gasteiger partial charge in [0.2, 0.25) is 0 Å². The molecule has 29 heavy (non-hydrogen) atoms. The van der Waals surface area contributed by atoms with Crippen LogP contribution in [0.3, 0.4) is 0 Å². The van der Waals surface area contributed by atoms with Gasteiger partial charge in [-0.25, -0.2) is 9.50 Å². The molecule has 0 fully saturated rings. The second kappa shape index (κ2) is 7.16. The van der Waals surface area contributed by atoms with Crippen molar-refractivity contribution in [3.05, 3.63) is 87.7 Å². The Labute approximate surface area is 166 Å². The van der Waals surface area contributed by atoms with Crippen LogP contribution in [-0.2, 0) is 0 Å². The van der Waals surface area contributed by atoms with E-state index in [0.29, 0.717) is 22.5 Å². The van der Waals surface area contributed by atoms with Crippen molar-refractivity contribution in [2.24, 2.45) is 0 Å². The first-order chi connectivity index (χ1) is 13.9. The van der Waals surface area contributed by atoms with Crippen molar-refractivity contribution < 1.29 is 9.72 Å². The first-order valence-electron chi connectivity index (χ1n) is 8.90. The number of carbonyl (C=O) groups excluding carboxylic acids is 1. The number of nitrogens with zero attached hydrogens (tertiary/aromatic N) is 4. The third-order valence-electron chi connectivity index (χ3n) is 4.63. The molecule has 144 valence electrons. The molecular weight excluding hydrogens is 370 g/mol. The highest BCUT2D eigenvalue weighted by Gasteiger charge is 2.18. The smallest absolute Gasteiger partial charge is 0.270 e. The molecule has 0 saturated carbocycles. The van der Waals surface area contributed by atoms with Crippen molar-refractivity contribution in [1.82, 2.24) is 14.6 Å². The Balaban J connectivity index is 1.73. The average molecular weight is 387 g/mol. The number of aryl methyl sites for hydroxylation is 2. The van der Waals surface area contributed by atoms with Gasteiger partial charge in [0.25, 0.3) is 11.6 Å². The van der Waals surface area contributed by atoms with Gasteiger partial charge in [-0.2, -0.15) is 5.10 Å². The van der Waals surface area contributed by atoms with Gasteiger partial charge in [-0.05, 0) is 31.5 Å². The Morgan fingerprint density at radius 2 is 1.97 bits per heavy atom. The van der Waals surface area contributed by atoms with Gasteiger partial charge in [-0.3, -0.25) is 14.9 Å². The number of hydrogen-bond donors (Lipinski definition) is 1. The predicted octanol–water partition coefficient (Wildman–Crippen LogP) is 4.17. The molecule has 8 nitrogen and oxygen atoms in total. The van der Waals surface area contributed by atoms with E-state index in [4.69, 9.17) is 0 Å². The minimum absolute atomic E-state index is 0.0209. The Kier molecular flexibility index (Phi) is 4.52. The lowest BCUT2D eigenvalue weighted by atomic mass is 10.1. The number of fused-ring (bicyclic) bond motifs is 1. The van der Waals surface area contributed by atoms with Gasteiger partial charge in [0, 0.05) is 29.6 Å². The lowest BCUT2D eigenvalue weighted by Gasteiger charge is -2.09. The monoisotopic (exact) mass is 387 g/mol. The van der Waals surface area contributed by atoms with Gasteiger partial charge < -0.3 is 5.32 Å². The van der Waals surface area contributed by atoms with E-state index < -0.39 is 4.92 Å². The van der Waals surface area contributed by atoms with Crippen LogP contribution in [-0.4, -0.2) is 25.4 Å². The first kappa shape index (κ1) is 18.3. The van der Waals surface area contributed by atoms with E-state index in [0.717, 1.165) is 16.8 Å². The maximum absolute atomic E-state index is 12.8. The molecule has 2 heterocycles. The normalized spacial score (nSPS) is 10.8. The number of nitro benzene ring substituents is 1. The Hall–Kier alpha value is -4.07. The summed E-state index contributed by atoms with van der Waals surface area (Å²) in [5.41, 5.74) is 4.66. The second-order valence-corrected chi connectivity index (χ2v) is 6.70. The summed E-state index contributed by atoms with van der Waals surface area (Å²) in [6.45, 7) is 3.92. The highest BCUT2D eigenvalue weighted by molar-refractivity contribution is 6.08. The number of nitro groups is 1. The number of anilines is 1. The first-order valence-corrected chi connectivity index (χ1v) is 8.90. The van der Waals surface area contributed by atoms with Gasteiger partial charge in [0.05, 0.1) is 16.8 Å². The number of amides is 1. The molecule has 1 N–H and O–H groups in total. The molecule has 0 saturated heterocycles. The minimum Gasteiger partial charge on any atom is -0.322 e. The molecule has 8 heteroatoms. The van der Waals surface area contributed by atoms with Gasteiger partial charge in [-0.15, -0.1) is 0 Å². The van der Waals surface area contributed by atoms with Gasteiger partial charge in [0.1, 0.15) is 5.56 Å². The van der Waals surface area contributed by atoms with Crippen molar-refractivity contribution in [2.75, 3.05) is 5.32 Å². The third kappa shape index (κ3) is 3.43. The van der Waals surface area contributed by atoms with E-state index >= 15 is 0 Å². The molecule has 0 bridgehead atoms. The van der Waals surface area contributed by atoms with Crippen molar-refractivity contribution >= 4 is 22.9 Å². The van der Waals surface area contributed by atoms with Crippen LogP contribution in [0.2, 0.25) is 0 Å². The SMILES string of the molecule is Cc1ccc(NC(=O)c2cnn3c(-c4cccc([N+](=O)[O-])c4)ccnc23)c(C)c1. The molecule has 0 spiro atoms. The molecular formula is C21H17N5O3. The summed E-state index contributed by atoms with van der Waals surface area (Å²) >= 11 is 0. The van der Waals surface area contributed by atoms with Crippen molar-refractivity contribution in [1.29, 1.82) is 0 Å². The highest BCUT2D eigenvalue weighted by atomic mass is 16.6. The fourth-order valence-corrected chi connectivity index (χ4v) is 3.19. The maximum Gasteiger partial charge on any atom is 0.270 e. The van der Waals surface area contributed by atoms with Crippen molar-refractivity contribution in [2.45, 2.75) is 13.8 Å². The zero-order valence-corrected chi connectivity index (χ0v) is 15.8. The lowest BCUT2D eigenvalue weighted by Crippen LogP contribution is -2.13. The lowest BCUT2D eigenvalue weighted by molar-refractivity contribution is -0.384. The van der Waals surface area contributed by atoms with Crippen LogP contribution in [0.5, 0.6) is 0 Å². The standard InChI is InChI=1S/C21H17N5O3/c1-13-6-7-18(14(2)10-13)24-21(27)17-12-23-25-19(8-9-22-20(17)25)15-4-3-5-16(11-15)26(28)29/h3-12H,1-2H3,(H,24,27). The van der Waals surface area contributed by atoms with Crippen LogP contribution in [0.15, 0.2) is 60.9 Å². The predicted molar refractivity (Wildman–Crippen MR) is 109 cm³/mol. The highest BCUT2D eigenvalue weighted by Crippen LogP contribution is 2.25. The van der Waals surface area contributed by atoms with Crippen LogP contribution in [0, 0.1) is 24.0 Å². The zero-order chi connectivity index (χ0) is 20.5. The fourth-order valence-electron chi connectivity index (χ4n) is 3.19. The van der Waals surface area contributed by atoms with Gasteiger partial charge >= 0.3 is 0 Å². The summed E-state index contributed by atoms with van der Waals surface area (Å²) in [5, 5.41) is 18.3. The summed E-state index contributed by atoms with van der Waals surface area (Å²) in [7, 11) is 0. The summed E-state index contributed by atoms with van der Waals surface area (Å²) < 4.78 is 1.51. The summed E-state index contributed by atoms with van der Waals surface area (Å²) in [6.07, 6.45) is 3.00. The van der Waals surface area contributed by atoms with Gasteiger partial charge in [0.15, 0.2) is 5.65 Å². The average Bonchev–Trinajstić information content (AvgIpc) is 3.14. The van der Waals surface area contributed by atoms with E-state index in [1.165, 1.54) is 22.8 Å². The number of benzene rings is 2. The maximum atomic E-state index is 12.8. The summed E-state index contributed by atoms with van der Waals surface area (Å²) in [6, 6.07) is 13.7. The molecule has 2 aromatic heterocycles. The Morgan fingerprint density at radius 3 is 2.72 bits per heavy atom. The van der Waals surface area contributed by atoms with Crippen LogP contribution in [0.4, 0.5) is 11.4 Å². The quantitative estimate of drug-likeness (QED) is 0.418. The Morgan fingerprint density at radius 1 is 1.14 bits per heavy atom. The molecule has 0 atom stereocenters. The molecule has 0 aliphatic rings. The number of rotatable bonds is 4. The Bertz CT molecular complexity index is 1260.